The van der Waals surface area contributed by atoms with Gasteiger partial charge in [0, 0.05) is 38.8 Å². The van der Waals surface area contributed by atoms with E-state index in [1.807, 2.05) is 18.5 Å². The van der Waals surface area contributed by atoms with Gasteiger partial charge in [-0.05, 0) is 32.8 Å². The highest BCUT2D eigenvalue weighted by atomic mass is 15.3. The van der Waals surface area contributed by atoms with Crippen LogP contribution < -0.4 is 10.6 Å². The van der Waals surface area contributed by atoms with E-state index in [1.165, 1.54) is 5.56 Å². The number of aliphatic imine (C=N–C) groups is 1. The van der Waals surface area contributed by atoms with E-state index in [-0.39, 0.29) is 0 Å². The molecule has 0 spiro atoms. The average molecular weight is 370 g/mol. The predicted octanol–water partition coefficient (Wildman–Crippen LogP) is 1.84. The van der Waals surface area contributed by atoms with E-state index in [1.54, 1.807) is 0 Å². The molecule has 7 heteroatoms. The number of nitrogens with zero attached hydrogens (tertiary/aromatic N) is 5. The summed E-state index contributed by atoms with van der Waals surface area (Å²) in [4.78, 5) is 7.24. The molecule has 1 aromatic heterocycles. The second-order valence-corrected chi connectivity index (χ2v) is 7.26. The number of guanidine groups is 1. The van der Waals surface area contributed by atoms with Crippen molar-refractivity contribution in [3.8, 4) is 0 Å². The summed E-state index contributed by atoms with van der Waals surface area (Å²) in [5.41, 5.74) is 1.36. The van der Waals surface area contributed by atoms with Crippen LogP contribution in [0.15, 0.2) is 35.3 Å². The van der Waals surface area contributed by atoms with Gasteiger partial charge in [0.2, 0.25) is 0 Å². The van der Waals surface area contributed by atoms with E-state index in [9.17, 15) is 0 Å². The molecule has 1 aliphatic heterocycles. The zero-order valence-corrected chi connectivity index (χ0v) is 16.8. The number of nitrogens with one attached hydrogen (secondary N) is 2. The lowest BCUT2D eigenvalue weighted by atomic mass is 10.2. The fourth-order valence-electron chi connectivity index (χ4n) is 3.49. The van der Waals surface area contributed by atoms with Gasteiger partial charge in [-0.1, -0.05) is 30.3 Å². The number of aryl methyl sites for hydroxylation is 1. The molecule has 27 heavy (non-hydrogen) atoms. The van der Waals surface area contributed by atoms with Crippen LogP contribution in [-0.4, -0.2) is 50.8 Å². The van der Waals surface area contributed by atoms with Crippen LogP contribution >= 0.6 is 0 Å². The van der Waals surface area contributed by atoms with Gasteiger partial charge in [-0.15, -0.1) is 10.2 Å². The molecule has 0 bridgehead atoms. The van der Waals surface area contributed by atoms with Crippen molar-refractivity contribution in [2.75, 3.05) is 13.1 Å². The van der Waals surface area contributed by atoms with Gasteiger partial charge >= 0.3 is 0 Å². The Balaban J connectivity index is 1.59. The maximum Gasteiger partial charge on any atom is 0.191 e. The first kappa shape index (κ1) is 19.4. The SMILES string of the molecule is CCNC(=NCc1nnc(C)n1C)NC1CC(C)N(Cc2ccccc2)C1. The first-order valence-electron chi connectivity index (χ1n) is 9.74. The third kappa shape index (κ3) is 5.07. The molecule has 3 rings (SSSR count). The Kier molecular flexibility index (Phi) is 6.45. The summed E-state index contributed by atoms with van der Waals surface area (Å²) in [5.74, 6) is 2.62. The van der Waals surface area contributed by atoms with Gasteiger partial charge < -0.3 is 15.2 Å². The largest absolute Gasteiger partial charge is 0.357 e. The van der Waals surface area contributed by atoms with Crippen molar-refractivity contribution < 1.29 is 0 Å². The summed E-state index contributed by atoms with van der Waals surface area (Å²) in [6, 6.07) is 11.6. The molecular formula is C20H31N7. The molecule has 7 nitrogen and oxygen atoms in total. The highest BCUT2D eigenvalue weighted by Gasteiger charge is 2.29. The van der Waals surface area contributed by atoms with Gasteiger partial charge in [0.15, 0.2) is 11.8 Å². The molecule has 2 unspecified atom stereocenters. The van der Waals surface area contributed by atoms with Gasteiger partial charge in [-0.25, -0.2) is 4.99 Å². The lowest BCUT2D eigenvalue weighted by molar-refractivity contribution is 0.258. The van der Waals surface area contributed by atoms with E-state index in [0.29, 0.717) is 18.6 Å². The highest BCUT2D eigenvalue weighted by Crippen LogP contribution is 2.20. The molecule has 1 aliphatic rings. The Hall–Kier alpha value is -2.41. The summed E-state index contributed by atoms with van der Waals surface area (Å²) in [6.45, 7) is 9.70. The van der Waals surface area contributed by atoms with E-state index in [0.717, 1.165) is 43.7 Å². The van der Waals surface area contributed by atoms with Crippen LogP contribution in [0, 0.1) is 6.92 Å². The monoisotopic (exact) mass is 369 g/mol. The van der Waals surface area contributed by atoms with Crippen LogP contribution in [-0.2, 0) is 20.1 Å². The molecule has 2 heterocycles. The minimum atomic E-state index is 0.391. The van der Waals surface area contributed by atoms with Crippen LogP contribution in [0.4, 0.5) is 0 Å². The zero-order valence-electron chi connectivity index (χ0n) is 16.8. The Morgan fingerprint density at radius 3 is 2.70 bits per heavy atom. The van der Waals surface area contributed by atoms with Gasteiger partial charge in [-0.2, -0.15) is 0 Å². The molecular weight excluding hydrogens is 338 g/mol. The van der Waals surface area contributed by atoms with Crippen molar-refractivity contribution in [3.63, 3.8) is 0 Å². The number of hydrogen-bond acceptors (Lipinski definition) is 4. The number of benzene rings is 1. The van der Waals surface area contributed by atoms with E-state index >= 15 is 0 Å². The standard InChI is InChI=1S/C20H31N7/c1-5-21-20(22-12-19-25-24-16(3)26(19)4)23-18-11-15(2)27(14-18)13-17-9-7-6-8-10-17/h6-10,15,18H,5,11-14H2,1-4H3,(H2,21,22,23). The number of hydrogen-bond donors (Lipinski definition) is 2. The lowest BCUT2D eigenvalue weighted by Crippen LogP contribution is -2.44. The van der Waals surface area contributed by atoms with Crippen molar-refractivity contribution in [2.24, 2.45) is 12.0 Å². The Morgan fingerprint density at radius 2 is 2.04 bits per heavy atom. The van der Waals surface area contributed by atoms with Crippen molar-refractivity contribution in [1.82, 2.24) is 30.3 Å². The van der Waals surface area contributed by atoms with Gasteiger partial charge in [0.1, 0.15) is 12.4 Å². The summed E-state index contributed by atoms with van der Waals surface area (Å²) in [6.07, 6.45) is 1.11. The first-order chi connectivity index (χ1) is 13.1. The quantitative estimate of drug-likeness (QED) is 0.601. The van der Waals surface area contributed by atoms with Crippen LogP contribution in [0.2, 0.25) is 0 Å². The minimum Gasteiger partial charge on any atom is -0.357 e. The third-order valence-electron chi connectivity index (χ3n) is 5.18. The Morgan fingerprint density at radius 1 is 1.26 bits per heavy atom. The molecule has 0 saturated carbocycles. The predicted molar refractivity (Wildman–Crippen MR) is 108 cm³/mol. The molecule has 2 atom stereocenters. The van der Waals surface area contributed by atoms with Gasteiger partial charge in [0.05, 0.1) is 0 Å². The molecule has 0 radical (unpaired) electrons. The molecule has 1 aromatic carbocycles. The summed E-state index contributed by atoms with van der Waals surface area (Å²) >= 11 is 0. The Labute approximate surface area is 161 Å². The molecule has 2 N–H and O–H groups in total. The summed E-state index contributed by atoms with van der Waals surface area (Å²) in [7, 11) is 1.97. The number of rotatable bonds is 6. The second-order valence-electron chi connectivity index (χ2n) is 7.26. The second kappa shape index (κ2) is 8.99. The fourth-order valence-corrected chi connectivity index (χ4v) is 3.49. The molecule has 0 aliphatic carbocycles. The zero-order chi connectivity index (χ0) is 19.2. The maximum atomic E-state index is 4.71. The van der Waals surface area contributed by atoms with Crippen LogP contribution in [0.1, 0.15) is 37.5 Å². The molecule has 0 amide bonds. The van der Waals surface area contributed by atoms with Crippen LogP contribution in [0.5, 0.6) is 0 Å². The summed E-state index contributed by atoms with van der Waals surface area (Å²) < 4.78 is 1.98. The normalized spacial score (nSPS) is 20.8. The average Bonchev–Trinajstić information content (AvgIpc) is 3.16. The van der Waals surface area contributed by atoms with Crippen molar-refractivity contribution in [3.05, 3.63) is 47.5 Å². The molecule has 1 saturated heterocycles. The van der Waals surface area contributed by atoms with E-state index in [2.05, 4.69) is 69.9 Å². The fraction of sp³-hybridized carbons (Fsp3) is 0.550. The number of likely N-dealkylation sites (tertiary alicyclic amines) is 1. The Bertz CT molecular complexity index is 753. The van der Waals surface area contributed by atoms with E-state index < -0.39 is 0 Å². The minimum absolute atomic E-state index is 0.391. The first-order valence-corrected chi connectivity index (χ1v) is 9.74. The highest BCUT2D eigenvalue weighted by molar-refractivity contribution is 5.80. The lowest BCUT2D eigenvalue weighted by Gasteiger charge is -2.21. The van der Waals surface area contributed by atoms with Gasteiger partial charge in [0.25, 0.3) is 0 Å². The maximum absolute atomic E-state index is 4.71. The topological polar surface area (TPSA) is 70.4 Å². The summed E-state index contributed by atoms with van der Waals surface area (Å²) in [5, 5.41) is 15.2. The van der Waals surface area contributed by atoms with Crippen molar-refractivity contribution in [2.45, 2.75) is 52.4 Å². The molecule has 2 aromatic rings. The smallest absolute Gasteiger partial charge is 0.191 e. The van der Waals surface area contributed by atoms with Crippen LogP contribution in [0.25, 0.3) is 0 Å². The van der Waals surface area contributed by atoms with Crippen molar-refractivity contribution >= 4 is 5.96 Å². The number of aromatic nitrogens is 3. The third-order valence-corrected chi connectivity index (χ3v) is 5.18. The molecule has 146 valence electrons. The van der Waals surface area contributed by atoms with Gasteiger partial charge in [-0.3, -0.25) is 4.90 Å². The molecule has 1 fully saturated rings. The van der Waals surface area contributed by atoms with Crippen molar-refractivity contribution in [1.29, 1.82) is 0 Å². The van der Waals surface area contributed by atoms with E-state index in [4.69, 9.17) is 4.99 Å². The van der Waals surface area contributed by atoms with Crippen LogP contribution in [0.3, 0.4) is 0 Å².